The van der Waals surface area contributed by atoms with Crippen LogP contribution in [0, 0.1) is 0 Å². The molecule has 0 rings (SSSR count). The maximum Gasteiger partial charge on any atom is 0.224 e. The van der Waals surface area contributed by atoms with Crippen molar-refractivity contribution in [3.8, 4) is 0 Å². The molecular formula is C16H34O8. The molecule has 24 heavy (non-hydrogen) atoms. The van der Waals surface area contributed by atoms with Crippen LogP contribution in [0.15, 0.2) is 0 Å². The van der Waals surface area contributed by atoms with Crippen LogP contribution in [0.1, 0.15) is 65.2 Å². The standard InChI is InChI=1S/C16H34O8/c1-3-5-12-21-23-16(24-22-13-6-4-2)10-9-15-20-19-14-8-7-11-18-17/h16-17H,3-15H2,1-2H3. The van der Waals surface area contributed by atoms with Gasteiger partial charge in [-0.1, -0.05) is 26.7 Å². The Morgan fingerprint density at radius 3 is 1.67 bits per heavy atom. The molecular weight excluding hydrogens is 320 g/mol. The number of unbranched alkanes of at least 4 members (excludes halogenated alkanes) is 3. The highest BCUT2D eigenvalue weighted by Crippen LogP contribution is 2.08. The summed E-state index contributed by atoms with van der Waals surface area (Å²) in [6, 6.07) is 0. The van der Waals surface area contributed by atoms with Gasteiger partial charge in [0.2, 0.25) is 6.29 Å². The zero-order valence-electron chi connectivity index (χ0n) is 15.1. The molecule has 0 aromatic heterocycles. The molecule has 0 saturated carbocycles. The molecule has 0 aliphatic heterocycles. The van der Waals surface area contributed by atoms with Gasteiger partial charge in [0.15, 0.2) is 0 Å². The second kappa shape index (κ2) is 20.7. The third kappa shape index (κ3) is 18.0. The molecule has 8 nitrogen and oxygen atoms in total. The molecule has 0 aromatic rings. The maximum atomic E-state index is 8.16. The number of rotatable bonds is 20. The van der Waals surface area contributed by atoms with E-state index in [1.165, 1.54) is 0 Å². The third-order valence-corrected chi connectivity index (χ3v) is 2.98. The minimum atomic E-state index is -0.580. The monoisotopic (exact) mass is 354 g/mol. The van der Waals surface area contributed by atoms with Gasteiger partial charge in [-0.15, -0.1) is 0 Å². The predicted octanol–water partition coefficient (Wildman–Crippen LogP) is 3.81. The molecule has 0 unspecified atom stereocenters. The van der Waals surface area contributed by atoms with E-state index in [0.717, 1.165) is 32.1 Å². The quantitative estimate of drug-likeness (QED) is 0.153. The van der Waals surface area contributed by atoms with Crippen molar-refractivity contribution in [1.82, 2.24) is 0 Å². The maximum absolute atomic E-state index is 8.16. The average molecular weight is 354 g/mol. The first-order valence-electron chi connectivity index (χ1n) is 8.92. The van der Waals surface area contributed by atoms with Crippen molar-refractivity contribution in [3.63, 3.8) is 0 Å². The smallest absolute Gasteiger partial charge is 0.224 e. The van der Waals surface area contributed by atoms with Crippen LogP contribution < -0.4 is 0 Å². The minimum Gasteiger partial charge on any atom is -0.252 e. The summed E-state index contributed by atoms with van der Waals surface area (Å²) in [6.07, 6.45) is 6.08. The van der Waals surface area contributed by atoms with Crippen LogP contribution in [-0.4, -0.2) is 44.6 Å². The summed E-state index contributed by atoms with van der Waals surface area (Å²) in [7, 11) is 0. The fraction of sp³-hybridized carbons (Fsp3) is 1.00. The van der Waals surface area contributed by atoms with E-state index in [9.17, 15) is 0 Å². The summed E-state index contributed by atoms with van der Waals surface area (Å²) in [4.78, 5) is 34.7. The highest BCUT2D eigenvalue weighted by atomic mass is 17.3. The second-order valence-corrected chi connectivity index (χ2v) is 5.30. The van der Waals surface area contributed by atoms with Crippen LogP contribution in [0.5, 0.6) is 0 Å². The molecule has 0 bridgehead atoms. The molecule has 0 amide bonds. The van der Waals surface area contributed by atoms with Crippen LogP contribution in [0.4, 0.5) is 0 Å². The normalized spacial score (nSPS) is 11.5. The van der Waals surface area contributed by atoms with Gasteiger partial charge in [0.1, 0.15) is 0 Å². The summed E-state index contributed by atoms with van der Waals surface area (Å²) in [5, 5.41) is 8.16. The summed E-state index contributed by atoms with van der Waals surface area (Å²) in [6.45, 7) is 6.41. The van der Waals surface area contributed by atoms with Crippen molar-refractivity contribution < 1.29 is 39.5 Å². The molecule has 0 aliphatic rings. The van der Waals surface area contributed by atoms with Crippen LogP contribution in [0.3, 0.4) is 0 Å². The van der Waals surface area contributed by atoms with Crippen molar-refractivity contribution in [2.24, 2.45) is 0 Å². The van der Waals surface area contributed by atoms with Crippen LogP contribution in [0.2, 0.25) is 0 Å². The Morgan fingerprint density at radius 2 is 1.12 bits per heavy atom. The van der Waals surface area contributed by atoms with E-state index in [1.54, 1.807) is 0 Å². The summed E-state index contributed by atoms with van der Waals surface area (Å²) < 4.78 is 0. The van der Waals surface area contributed by atoms with Gasteiger partial charge in [-0.2, -0.15) is 0 Å². The Morgan fingerprint density at radius 1 is 0.625 bits per heavy atom. The molecule has 1 N–H and O–H groups in total. The van der Waals surface area contributed by atoms with Gasteiger partial charge in [0, 0.05) is 6.42 Å². The van der Waals surface area contributed by atoms with E-state index in [2.05, 4.69) is 18.7 Å². The zero-order chi connectivity index (χ0) is 17.7. The third-order valence-electron chi connectivity index (χ3n) is 2.98. The lowest BCUT2D eigenvalue weighted by Crippen LogP contribution is -2.19. The van der Waals surface area contributed by atoms with Crippen molar-refractivity contribution in [2.75, 3.05) is 33.0 Å². The lowest BCUT2D eigenvalue weighted by molar-refractivity contribution is -0.463. The van der Waals surface area contributed by atoms with Crippen molar-refractivity contribution in [1.29, 1.82) is 0 Å². The van der Waals surface area contributed by atoms with Crippen LogP contribution >= 0.6 is 0 Å². The SMILES string of the molecule is CCCCOOC(CCCOOCCCCOO)OOCCCC. The molecule has 0 fully saturated rings. The van der Waals surface area contributed by atoms with Crippen molar-refractivity contribution >= 4 is 0 Å². The Kier molecular flexibility index (Phi) is 20.4. The van der Waals surface area contributed by atoms with Gasteiger partial charge in [-0.25, -0.2) is 34.2 Å². The molecule has 0 radical (unpaired) electrons. The van der Waals surface area contributed by atoms with Gasteiger partial charge in [-0.3, -0.25) is 5.26 Å². The lowest BCUT2D eigenvalue weighted by atomic mass is 10.3. The molecule has 0 atom stereocenters. The van der Waals surface area contributed by atoms with E-state index in [0.29, 0.717) is 52.3 Å². The Labute approximate surface area is 145 Å². The van der Waals surface area contributed by atoms with Crippen LogP contribution in [-0.2, 0) is 34.2 Å². The fourth-order valence-corrected chi connectivity index (χ4v) is 1.52. The summed E-state index contributed by atoms with van der Waals surface area (Å²) in [5.41, 5.74) is 0. The van der Waals surface area contributed by atoms with Gasteiger partial charge < -0.3 is 0 Å². The first-order chi connectivity index (χ1) is 11.8. The second-order valence-electron chi connectivity index (χ2n) is 5.30. The summed E-state index contributed by atoms with van der Waals surface area (Å²) in [5.74, 6) is 0. The Hall–Kier alpha value is -0.320. The Bertz CT molecular complexity index is 218. The average Bonchev–Trinajstić information content (AvgIpc) is 2.60. The van der Waals surface area contributed by atoms with E-state index < -0.39 is 6.29 Å². The number of hydrogen-bond donors (Lipinski definition) is 1. The zero-order valence-corrected chi connectivity index (χ0v) is 15.1. The van der Waals surface area contributed by atoms with Gasteiger partial charge in [0.25, 0.3) is 0 Å². The molecule has 0 spiro atoms. The van der Waals surface area contributed by atoms with E-state index in [1.807, 2.05) is 0 Å². The highest BCUT2D eigenvalue weighted by Gasteiger charge is 2.12. The lowest BCUT2D eigenvalue weighted by Gasteiger charge is -2.16. The van der Waals surface area contributed by atoms with E-state index in [-0.39, 0.29) is 0 Å². The molecule has 0 saturated heterocycles. The highest BCUT2D eigenvalue weighted by molar-refractivity contribution is 4.42. The van der Waals surface area contributed by atoms with E-state index in [4.69, 9.17) is 34.6 Å². The minimum absolute atomic E-state index is 0.301. The first-order valence-corrected chi connectivity index (χ1v) is 8.92. The molecule has 0 aliphatic carbocycles. The molecule has 146 valence electrons. The molecule has 8 heteroatoms. The Balaban J connectivity index is 3.62. The first kappa shape index (κ1) is 23.7. The fourth-order valence-electron chi connectivity index (χ4n) is 1.52. The largest absolute Gasteiger partial charge is 0.252 e. The number of hydrogen-bond acceptors (Lipinski definition) is 8. The van der Waals surface area contributed by atoms with E-state index >= 15 is 0 Å². The predicted molar refractivity (Wildman–Crippen MR) is 86.6 cm³/mol. The van der Waals surface area contributed by atoms with Gasteiger partial charge in [0.05, 0.1) is 33.0 Å². The van der Waals surface area contributed by atoms with Gasteiger partial charge in [-0.05, 0) is 32.1 Å². The van der Waals surface area contributed by atoms with Crippen molar-refractivity contribution in [2.45, 2.75) is 71.5 Å². The topological polar surface area (TPSA) is 84.8 Å². The molecule has 0 heterocycles. The van der Waals surface area contributed by atoms with Gasteiger partial charge >= 0.3 is 0 Å². The summed E-state index contributed by atoms with van der Waals surface area (Å²) >= 11 is 0. The van der Waals surface area contributed by atoms with Crippen molar-refractivity contribution in [3.05, 3.63) is 0 Å². The van der Waals surface area contributed by atoms with Crippen LogP contribution in [0.25, 0.3) is 0 Å². The molecule has 0 aromatic carbocycles.